The van der Waals surface area contributed by atoms with Gasteiger partial charge >= 0.3 is 0 Å². The van der Waals surface area contributed by atoms with E-state index in [1.165, 1.54) is 0 Å². The SMILES string of the molecule is CC(C)N1CCN(c2ccc(Br)cn2)C(=O)C1. The summed E-state index contributed by atoms with van der Waals surface area (Å²) in [7, 11) is 0. The summed E-state index contributed by atoms with van der Waals surface area (Å²) in [6, 6.07) is 4.19. The van der Waals surface area contributed by atoms with E-state index in [1.54, 1.807) is 11.1 Å². The normalized spacial score (nSPS) is 17.9. The van der Waals surface area contributed by atoms with Gasteiger partial charge in [-0.05, 0) is 41.9 Å². The van der Waals surface area contributed by atoms with E-state index in [-0.39, 0.29) is 5.91 Å². The van der Waals surface area contributed by atoms with Crippen LogP contribution in [-0.4, -0.2) is 41.5 Å². The molecule has 4 nitrogen and oxygen atoms in total. The topological polar surface area (TPSA) is 36.4 Å². The number of hydrogen-bond acceptors (Lipinski definition) is 3. The maximum Gasteiger partial charge on any atom is 0.242 e. The molecule has 17 heavy (non-hydrogen) atoms. The summed E-state index contributed by atoms with van der Waals surface area (Å²) in [5.74, 6) is 0.862. The number of amides is 1. The Morgan fingerprint density at radius 3 is 2.65 bits per heavy atom. The van der Waals surface area contributed by atoms with Crippen molar-refractivity contribution in [3.63, 3.8) is 0 Å². The Labute approximate surface area is 110 Å². The second-order valence-electron chi connectivity index (χ2n) is 4.44. The zero-order chi connectivity index (χ0) is 12.4. The van der Waals surface area contributed by atoms with Crippen LogP contribution in [0, 0.1) is 0 Å². The number of hydrogen-bond donors (Lipinski definition) is 0. The number of carbonyl (C=O) groups excluding carboxylic acids is 1. The van der Waals surface area contributed by atoms with Gasteiger partial charge in [-0.1, -0.05) is 0 Å². The number of pyridine rings is 1. The lowest BCUT2D eigenvalue weighted by Crippen LogP contribution is -2.52. The molecule has 0 saturated carbocycles. The highest BCUT2D eigenvalue weighted by atomic mass is 79.9. The summed E-state index contributed by atoms with van der Waals surface area (Å²) in [6.07, 6.45) is 1.72. The van der Waals surface area contributed by atoms with Crippen LogP contribution in [0.4, 0.5) is 5.82 Å². The number of halogens is 1. The smallest absolute Gasteiger partial charge is 0.242 e. The Hall–Kier alpha value is -0.940. The highest BCUT2D eigenvalue weighted by molar-refractivity contribution is 9.10. The monoisotopic (exact) mass is 297 g/mol. The van der Waals surface area contributed by atoms with Crippen LogP contribution in [-0.2, 0) is 4.79 Å². The fraction of sp³-hybridized carbons (Fsp3) is 0.500. The molecule has 1 aromatic heterocycles. The fourth-order valence-corrected chi connectivity index (χ4v) is 2.14. The molecule has 92 valence electrons. The van der Waals surface area contributed by atoms with Crippen molar-refractivity contribution in [3.05, 3.63) is 22.8 Å². The third kappa shape index (κ3) is 2.84. The molecule has 0 N–H and O–H groups in total. The summed E-state index contributed by atoms with van der Waals surface area (Å²) in [5.41, 5.74) is 0. The average molecular weight is 298 g/mol. The van der Waals surface area contributed by atoms with E-state index in [2.05, 4.69) is 39.7 Å². The van der Waals surface area contributed by atoms with Crippen molar-refractivity contribution in [3.8, 4) is 0 Å². The minimum absolute atomic E-state index is 0.125. The summed E-state index contributed by atoms with van der Waals surface area (Å²) in [4.78, 5) is 20.2. The highest BCUT2D eigenvalue weighted by Crippen LogP contribution is 2.17. The second-order valence-corrected chi connectivity index (χ2v) is 5.36. The minimum Gasteiger partial charge on any atom is -0.294 e. The molecule has 1 fully saturated rings. The van der Waals surface area contributed by atoms with E-state index in [0.717, 1.165) is 16.8 Å². The van der Waals surface area contributed by atoms with Crippen LogP contribution in [0.25, 0.3) is 0 Å². The third-order valence-electron chi connectivity index (χ3n) is 2.97. The third-order valence-corrected chi connectivity index (χ3v) is 3.44. The van der Waals surface area contributed by atoms with E-state index >= 15 is 0 Å². The number of carbonyl (C=O) groups is 1. The van der Waals surface area contributed by atoms with Crippen molar-refractivity contribution in [2.45, 2.75) is 19.9 Å². The minimum atomic E-state index is 0.125. The number of rotatable bonds is 2. The molecule has 0 radical (unpaired) electrons. The molecular formula is C12H16BrN3O. The Morgan fingerprint density at radius 1 is 1.35 bits per heavy atom. The van der Waals surface area contributed by atoms with Gasteiger partial charge < -0.3 is 0 Å². The number of anilines is 1. The van der Waals surface area contributed by atoms with Gasteiger partial charge in [-0.25, -0.2) is 4.98 Å². The number of nitrogens with zero attached hydrogens (tertiary/aromatic N) is 3. The van der Waals surface area contributed by atoms with E-state index < -0.39 is 0 Å². The van der Waals surface area contributed by atoms with E-state index in [9.17, 15) is 4.79 Å². The van der Waals surface area contributed by atoms with Gasteiger partial charge in [0.1, 0.15) is 5.82 Å². The lowest BCUT2D eigenvalue weighted by molar-refractivity contribution is -0.121. The Morgan fingerprint density at radius 2 is 2.12 bits per heavy atom. The zero-order valence-electron chi connectivity index (χ0n) is 10.1. The lowest BCUT2D eigenvalue weighted by Gasteiger charge is -2.35. The molecule has 0 bridgehead atoms. The van der Waals surface area contributed by atoms with E-state index in [0.29, 0.717) is 19.1 Å². The van der Waals surface area contributed by atoms with Gasteiger partial charge in [0.2, 0.25) is 5.91 Å². The number of aromatic nitrogens is 1. The predicted molar refractivity (Wildman–Crippen MR) is 71.0 cm³/mol. The highest BCUT2D eigenvalue weighted by Gasteiger charge is 2.26. The molecule has 1 saturated heterocycles. The molecule has 2 heterocycles. The maximum atomic E-state index is 12.0. The molecule has 0 spiro atoms. The zero-order valence-corrected chi connectivity index (χ0v) is 11.6. The first-order chi connectivity index (χ1) is 8.08. The van der Waals surface area contributed by atoms with Crippen LogP contribution in [0.15, 0.2) is 22.8 Å². The Balaban J connectivity index is 2.09. The van der Waals surface area contributed by atoms with Crippen molar-refractivity contribution >= 4 is 27.7 Å². The molecule has 0 atom stereocenters. The van der Waals surface area contributed by atoms with Crippen molar-refractivity contribution in [2.24, 2.45) is 0 Å². The summed E-state index contributed by atoms with van der Waals surface area (Å²) in [6.45, 7) is 6.32. The van der Waals surface area contributed by atoms with Crippen LogP contribution in [0.5, 0.6) is 0 Å². The maximum absolute atomic E-state index is 12.0. The largest absolute Gasteiger partial charge is 0.294 e. The fourth-order valence-electron chi connectivity index (χ4n) is 1.90. The van der Waals surface area contributed by atoms with Gasteiger partial charge in [-0.2, -0.15) is 0 Å². The molecule has 2 rings (SSSR count). The van der Waals surface area contributed by atoms with Crippen LogP contribution in [0.1, 0.15) is 13.8 Å². The predicted octanol–water partition coefficient (Wildman–Crippen LogP) is 1.90. The van der Waals surface area contributed by atoms with Crippen LogP contribution >= 0.6 is 15.9 Å². The van der Waals surface area contributed by atoms with Crippen molar-refractivity contribution in [1.82, 2.24) is 9.88 Å². The first-order valence-corrected chi connectivity index (χ1v) is 6.53. The molecule has 5 heteroatoms. The molecule has 0 unspecified atom stereocenters. The van der Waals surface area contributed by atoms with Gasteiger partial charge in [0, 0.05) is 29.8 Å². The molecule has 1 aliphatic heterocycles. The van der Waals surface area contributed by atoms with Crippen molar-refractivity contribution in [2.75, 3.05) is 24.5 Å². The molecule has 1 amide bonds. The Kier molecular flexibility index (Phi) is 3.79. The summed E-state index contributed by atoms with van der Waals surface area (Å²) >= 11 is 3.34. The standard InChI is InChI=1S/C12H16BrN3O/c1-9(2)15-5-6-16(12(17)8-15)11-4-3-10(13)7-14-11/h3-4,7,9H,5-6,8H2,1-2H3. The molecule has 0 aromatic carbocycles. The molecule has 0 aliphatic carbocycles. The van der Waals surface area contributed by atoms with Gasteiger partial charge in [0.15, 0.2) is 0 Å². The average Bonchev–Trinajstić information content (AvgIpc) is 2.30. The molecule has 1 aromatic rings. The van der Waals surface area contributed by atoms with Crippen LogP contribution < -0.4 is 4.90 Å². The number of piperazine rings is 1. The summed E-state index contributed by atoms with van der Waals surface area (Å²) < 4.78 is 0.925. The first kappa shape index (κ1) is 12.5. The van der Waals surface area contributed by atoms with Gasteiger partial charge in [-0.3, -0.25) is 14.6 Å². The van der Waals surface area contributed by atoms with Gasteiger partial charge in [-0.15, -0.1) is 0 Å². The Bertz CT molecular complexity index is 405. The van der Waals surface area contributed by atoms with Crippen molar-refractivity contribution < 1.29 is 4.79 Å². The first-order valence-electron chi connectivity index (χ1n) is 5.74. The van der Waals surface area contributed by atoms with E-state index in [4.69, 9.17) is 0 Å². The van der Waals surface area contributed by atoms with Crippen LogP contribution in [0.2, 0.25) is 0 Å². The van der Waals surface area contributed by atoms with Crippen LogP contribution in [0.3, 0.4) is 0 Å². The summed E-state index contributed by atoms with van der Waals surface area (Å²) in [5, 5.41) is 0. The van der Waals surface area contributed by atoms with Crippen molar-refractivity contribution in [1.29, 1.82) is 0 Å². The molecular weight excluding hydrogens is 282 g/mol. The van der Waals surface area contributed by atoms with Gasteiger partial charge in [0.05, 0.1) is 6.54 Å². The second kappa shape index (κ2) is 5.14. The quantitative estimate of drug-likeness (QED) is 0.837. The molecule has 1 aliphatic rings. The van der Waals surface area contributed by atoms with Gasteiger partial charge in [0.25, 0.3) is 0 Å². The lowest BCUT2D eigenvalue weighted by atomic mass is 10.2. The van der Waals surface area contributed by atoms with E-state index in [1.807, 2.05) is 12.1 Å².